The van der Waals surface area contributed by atoms with Crippen molar-refractivity contribution in [3.05, 3.63) is 5.69 Å². The number of nitrogens with zero attached hydrogens (tertiary/aromatic N) is 4. The molecule has 90 valence electrons. The number of fused-ring (bicyclic) bond motifs is 2. The summed E-state index contributed by atoms with van der Waals surface area (Å²) in [6, 6.07) is 2.16. The lowest BCUT2D eigenvalue weighted by Crippen LogP contribution is -2.25. The first-order valence-electron chi connectivity index (χ1n) is 5.93. The SMILES string of the molecule is N#CCSc1nsnc1C1CN2CCCC1C2. The average molecular weight is 266 g/mol. The summed E-state index contributed by atoms with van der Waals surface area (Å²) in [5.41, 5.74) is 1.16. The fourth-order valence-electron chi connectivity index (χ4n) is 2.94. The normalized spacial score (nSPS) is 31.4. The topological polar surface area (TPSA) is 52.8 Å². The lowest BCUT2D eigenvalue weighted by Gasteiger charge is -2.21. The van der Waals surface area contributed by atoms with Crippen LogP contribution in [0.3, 0.4) is 0 Å². The van der Waals surface area contributed by atoms with Gasteiger partial charge in [0.15, 0.2) is 0 Å². The van der Waals surface area contributed by atoms with Crippen LogP contribution in [0.1, 0.15) is 24.5 Å². The van der Waals surface area contributed by atoms with Crippen molar-refractivity contribution in [3.8, 4) is 6.07 Å². The molecule has 0 amide bonds. The Kier molecular flexibility index (Phi) is 3.32. The van der Waals surface area contributed by atoms with Crippen molar-refractivity contribution in [2.75, 3.05) is 25.4 Å². The van der Waals surface area contributed by atoms with Crippen LogP contribution < -0.4 is 0 Å². The van der Waals surface area contributed by atoms with E-state index in [1.54, 1.807) is 0 Å². The molecule has 0 saturated carbocycles. The first-order chi connectivity index (χ1) is 8.38. The van der Waals surface area contributed by atoms with Gasteiger partial charge in [0.25, 0.3) is 0 Å². The summed E-state index contributed by atoms with van der Waals surface area (Å²) >= 11 is 2.82. The first kappa shape index (κ1) is 11.5. The number of rotatable bonds is 3. The molecule has 4 nitrogen and oxygen atoms in total. The molecule has 0 radical (unpaired) electrons. The Labute approximate surface area is 109 Å². The molecule has 3 unspecified atom stereocenters. The second-order valence-corrected chi connectivity index (χ2v) is 6.16. The Morgan fingerprint density at radius 3 is 3.24 bits per heavy atom. The van der Waals surface area contributed by atoms with Crippen molar-refractivity contribution in [1.29, 1.82) is 5.26 Å². The molecule has 2 aliphatic rings. The van der Waals surface area contributed by atoms with Crippen LogP contribution in [-0.2, 0) is 0 Å². The molecule has 0 aromatic carbocycles. The van der Waals surface area contributed by atoms with Gasteiger partial charge in [-0.25, -0.2) is 0 Å². The Morgan fingerprint density at radius 1 is 1.47 bits per heavy atom. The lowest BCUT2D eigenvalue weighted by molar-refractivity contribution is 0.269. The molecule has 3 rings (SSSR count). The van der Waals surface area contributed by atoms with E-state index in [1.165, 1.54) is 49.4 Å². The summed E-state index contributed by atoms with van der Waals surface area (Å²) in [6.45, 7) is 3.60. The van der Waals surface area contributed by atoms with Gasteiger partial charge in [-0.3, -0.25) is 0 Å². The minimum absolute atomic E-state index is 0.472. The van der Waals surface area contributed by atoms with Gasteiger partial charge in [0.05, 0.1) is 29.2 Å². The number of hydrogen-bond acceptors (Lipinski definition) is 6. The highest BCUT2D eigenvalue weighted by atomic mass is 32.2. The fourth-order valence-corrected chi connectivity index (χ4v) is 4.37. The van der Waals surface area contributed by atoms with Crippen LogP contribution in [-0.4, -0.2) is 39.0 Å². The fraction of sp³-hybridized carbons (Fsp3) is 0.727. The zero-order valence-corrected chi connectivity index (χ0v) is 11.1. The zero-order chi connectivity index (χ0) is 11.7. The van der Waals surface area contributed by atoms with E-state index in [9.17, 15) is 0 Å². The van der Waals surface area contributed by atoms with Crippen molar-refractivity contribution in [1.82, 2.24) is 13.6 Å². The summed E-state index contributed by atoms with van der Waals surface area (Å²) in [4.78, 5) is 2.54. The van der Waals surface area contributed by atoms with E-state index in [1.807, 2.05) is 0 Å². The molecule has 0 aliphatic carbocycles. The van der Waals surface area contributed by atoms with Gasteiger partial charge in [0.1, 0.15) is 5.03 Å². The standard InChI is InChI=1S/C11H14N4S2/c12-3-5-16-11-10(13-17-14-11)9-7-15-4-1-2-8(9)6-15/h8-9H,1-2,4-7H2. The summed E-state index contributed by atoms with van der Waals surface area (Å²) in [5.74, 6) is 1.78. The van der Waals surface area contributed by atoms with E-state index in [2.05, 4.69) is 19.7 Å². The van der Waals surface area contributed by atoms with E-state index in [-0.39, 0.29) is 0 Å². The van der Waals surface area contributed by atoms with E-state index < -0.39 is 0 Å². The van der Waals surface area contributed by atoms with Crippen LogP contribution in [0.5, 0.6) is 0 Å². The number of hydrogen-bond donors (Lipinski definition) is 0. The third-order valence-corrected chi connectivity index (χ3v) is 5.18. The second kappa shape index (κ2) is 4.92. The average Bonchev–Trinajstić information content (AvgIpc) is 2.91. The highest BCUT2D eigenvalue weighted by molar-refractivity contribution is 7.99. The Hall–Kier alpha value is -0.640. The van der Waals surface area contributed by atoms with Crippen molar-refractivity contribution in [2.24, 2.45) is 5.92 Å². The zero-order valence-electron chi connectivity index (χ0n) is 9.50. The Morgan fingerprint density at radius 2 is 2.41 bits per heavy atom. The predicted octanol–water partition coefficient (Wildman–Crippen LogP) is 1.96. The van der Waals surface area contributed by atoms with Gasteiger partial charge >= 0.3 is 0 Å². The summed E-state index contributed by atoms with van der Waals surface area (Å²) in [6.07, 6.45) is 2.64. The quantitative estimate of drug-likeness (QED) is 0.783. The minimum atomic E-state index is 0.472. The van der Waals surface area contributed by atoms with Gasteiger partial charge in [-0.15, -0.1) is 0 Å². The second-order valence-electron chi connectivity index (χ2n) is 4.67. The van der Waals surface area contributed by atoms with Gasteiger partial charge in [0.2, 0.25) is 0 Å². The van der Waals surface area contributed by atoms with E-state index in [0.29, 0.717) is 11.7 Å². The van der Waals surface area contributed by atoms with Crippen LogP contribution in [0, 0.1) is 17.2 Å². The predicted molar refractivity (Wildman–Crippen MR) is 68.2 cm³/mol. The van der Waals surface area contributed by atoms with Gasteiger partial charge in [-0.2, -0.15) is 14.0 Å². The van der Waals surface area contributed by atoms with E-state index in [4.69, 9.17) is 5.26 Å². The van der Waals surface area contributed by atoms with Crippen molar-refractivity contribution >= 4 is 23.5 Å². The molecule has 17 heavy (non-hydrogen) atoms. The van der Waals surface area contributed by atoms with Gasteiger partial charge in [0, 0.05) is 19.0 Å². The maximum absolute atomic E-state index is 8.65. The van der Waals surface area contributed by atoms with Crippen LogP contribution in [0.4, 0.5) is 0 Å². The molecule has 1 aromatic heterocycles. The number of thioether (sulfide) groups is 1. The monoisotopic (exact) mass is 266 g/mol. The van der Waals surface area contributed by atoms with E-state index >= 15 is 0 Å². The molecular formula is C11H14N4S2. The first-order valence-corrected chi connectivity index (χ1v) is 7.64. The molecule has 2 bridgehead atoms. The minimum Gasteiger partial charge on any atom is -0.302 e. The van der Waals surface area contributed by atoms with Gasteiger partial charge in [-0.05, 0) is 25.3 Å². The number of aromatic nitrogens is 2. The lowest BCUT2D eigenvalue weighted by atomic mass is 9.89. The van der Waals surface area contributed by atoms with Crippen LogP contribution in [0.25, 0.3) is 0 Å². The Balaban J connectivity index is 1.80. The molecule has 1 aromatic rings. The molecule has 0 spiro atoms. The van der Waals surface area contributed by atoms with Crippen molar-refractivity contribution < 1.29 is 0 Å². The van der Waals surface area contributed by atoms with E-state index in [0.717, 1.165) is 23.2 Å². The van der Waals surface area contributed by atoms with Crippen LogP contribution in [0.15, 0.2) is 5.03 Å². The largest absolute Gasteiger partial charge is 0.302 e. The Bertz CT molecular complexity index is 439. The third kappa shape index (κ3) is 2.19. The molecule has 0 N–H and O–H groups in total. The van der Waals surface area contributed by atoms with Crippen molar-refractivity contribution in [2.45, 2.75) is 23.8 Å². The molecule has 2 saturated heterocycles. The van der Waals surface area contributed by atoms with Crippen LogP contribution >= 0.6 is 23.5 Å². The maximum atomic E-state index is 8.65. The smallest absolute Gasteiger partial charge is 0.135 e. The maximum Gasteiger partial charge on any atom is 0.135 e. The number of nitriles is 1. The van der Waals surface area contributed by atoms with Crippen LogP contribution in [0.2, 0.25) is 0 Å². The highest BCUT2D eigenvalue weighted by Crippen LogP contribution is 2.40. The summed E-state index contributed by atoms with van der Waals surface area (Å²) in [5, 5.41) is 9.64. The number of piperidine rings is 1. The molecule has 6 heteroatoms. The molecule has 2 fully saturated rings. The van der Waals surface area contributed by atoms with Gasteiger partial charge < -0.3 is 4.90 Å². The highest BCUT2D eigenvalue weighted by Gasteiger charge is 2.38. The molecule has 3 atom stereocenters. The summed E-state index contributed by atoms with van der Waals surface area (Å²) in [7, 11) is 0. The van der Waals surface area contributed by atoms with Gasteiger partial charge in [-0.1, -0.05) is 11.8 Å². The molecule has 2 aliphatic heterocycles. The van der Waals surface area contributed by atoms with Crippen molar-refractivity contribution in [3.63, 3.8) is 0 Å². The summed E-state index contributed by atoms with van der Waals surface area (Å²) < 4.78 is 8.82. The molecule has 3 heterocycles. The third-order valence-electron chi connectivity index (χ3n) is 3.67. The molecular weight excluding hydrogens is 252 g/mol.